The highest BCUT2D eigenvalue weighted by Crippen LogP contribution is 2.29. The molecule has 0 spiro atoms. The van der Waals surface area contributed by atoms with Gasteiger partial charge in [0.05, 0.1) is 10.6 Å². The third kappa shape index (κ3) is 2.92. The van der Waals surface area contributed by atoms with Crippen molar-refractivity contribution in [3.05, 3.63) is 28.8 Å². The van der Waals surface area contributed by atoms with Gasteiger partial charge in [0.15, 0.2) is 0 Å². The van der Waals surface area contributed by atoms with Crippen LogP contribution in [0.25, 0.3) is 0 Å². The molecule has 6 heteroatoms. The summed E-state index contributed by atoms with van der Waals surface area (Å²) in [7, 11) is 0. The van der Waals surface area contributed by atoms with Gasteiger partial charge in [0.25, 0.3) is 0 Å². The average Bonchev–Trinajstić information content (AvgIpc) is 2.93. The molecular weight excluding hydrogens is 256 g/mol. The van der Waals surface area contributed by atoms with E-state index in [1.165, 1.54) is 18.2 Å². The van der Waals surface area contributed by atoms with Crippen molar-refractivity contribution in [3.63, 3.8) is 0 Å². The van der Waals surface area contributed by atoms with E-state index in [1.54, 1.807) is 0 Å². The zero-order valence-corrected chi connectivity index (χ0v) is 10.5. The predicted molar refractivity (Wildman–Crippen MR) is 68.1 cm³/mol. The van der Waals surface area contributed by atoms with Gasteiger partial charge in [0.1, 0.15) is 0 Å². The second-order valence-electron chi connectivity index (χ2n) is 4.42. The number of carboxylic acids is 1. The lowest BCUT2D eigenvalue weighted by Crippen LogP contribution is -2.31. The molecule has 0 heterocycles. The highest BCUT2D eigenvalue weighted by molar-refractivity contribution is 6.33. The molecule has 3 N–H and O–H groups in total. The molecule has 5 nitrogen and oxygen atoms in total. The Kier molecular flexibility index (Phi) is 3.43. The van der Waals surface area contributed by atoms with Crippen LogP contribution < -0.4 is 10.6 Å². The second kappa shape index (κ2) is 4.86. The third-order valence-corrected chi connectivity index (χ3v) is 3.20. The molecule has 2 amide bonds. The number of aromatic carboxylic acids is 1. The summed E-state index contributed by atoms with van der Waals surface area (Å²) >= 11 is 5.80. The van der Waals surface area contributed by atoms with Crippen LogP contribution in [-0.4, -0.2) is 23.1 Å². The zero-order chi connectivity index (χ0) is 13.3. The average molecular weight is 269 g/mol. The summed E-state index contributed by atoms with van der Waals surface area (Å²) in [5.41, 5.74) is 0.481. The van der Waals surface area contributed by atoms with E-state index in [2.05, 4.69) is 17.6 Å². The van der Waals surface area contributed by atoms with Crippen LogP contribution in [0.5, 0.6) is 0 Å². The number of carbonyl (C=O) groups is 2. The van der Waals surface area contributed by atoms with E-state index in [4.69, 9.17) is 16.7 Å². The van der Waals surface area contributed by atoms with Gasteiger partial charge in [-0.2, -0.15) is 0 Å². The van der Waals surface area contributed by atoms with Crippen LogP contribution in [0.15, 0.2) is 18.2 Å². The molecular formula is C12H13ClN2O3. The van der Waals surface area contributed by atoms with E-state index in [-0.39, 0.29) is 22.7 Å². The molecule has 0 aromatic heterocycles. The topological polar surface area (TPSA) is 78.4 Å². The first-order valence-corrected chi connectivity index (χ1v) is 5.95. The van der Waals surface area contributed by atoms with Crippen molar-refractivity contribution in [1.82, 2.24) is 5.32 Å². The molecule has 1 aliphatic rings. The molecule has 2 atom stereocenters. The molecule has 18 heavy (non-hydrogen) atoms. The summed E-state index contributed by atoms with van der Waals surface area (Å²) in [6, 6.07) is 4.22. The van der Waals surface area contributed by atoms with E-state index in [0.717, 1.165) is 6.42 Å². The molecule has 0 aliphatic heterocycles. The van der Waals surface area contributed by atoms with E-state index in [9.17, 15) is 9.59 Å². The quantitative estimate of drug-likeness (QED) is 0.788. The van der Waals surface area contributed by atoms with Gasteiger partial charge >= 0.3 is 12.0 Å². The standard InChI is InChI=1S/C12H13ClN2O3/c1-6-4-10(6)15-12(18)14-7-2-3-8(11(16)17)9(13)5-7/h2-3,5-6,10H,4H2,1H3,(H,16,17)(H2,14,15,18). The maximum atomic E-state index is 11.6. The Balaban J connectivity index is 1.99. The number of hydrogen-bond acceptors (Lipinski definition) is 2. The van der Waals surface area contributed by atoms with Crippen LogP contribution in [0.4, 0.5) is 10.5 Å². The van der Waals surface area contributed by atoms with Gasteiger partial charge in [-0.3, -0.25) is 0 Å². The minimum atomic E-state index is -1.09. The van der Waals surface area contributed by atoms with Crippen LogP contribution in [0, 0.1) is 5.92 Å². The van der Waals surface area contributed by atoms with Crippen molar-refractivity contribution in [2.24, 2.45) is 5.92 Å². The first-order valence-electron chi connectivity index (χ1n) is 5.57. The molecule has 0 saturated heterocycles. The normalized spacial score (nSPS) is 21.2. The monoisotopic (exact) mass is 268 g/mol. The predicted octanol–water partition coefficient (Wildman–Crippen LogP) is 2.57. The number of anilines is 1. The van der Waals surface area contributed by atoms with Gasteiger partial charge in [0.2, 0.25) is 0 Å². The summed E-state index contributed by atoms with van der Waals surface area (Å²) in [4.78, 5) is 22.3. The highest BCUT2D eigenvalue weighted by atomic mass is 35.5. The first-order chi connectivity index (χ1) is 8.47. The molecule has 1 saturated carbocycles. The summed E-state index contributed by atoms with van der Waals surface area (Å²) in [5.74, 6) is -0.573. The van der Waals surface area contributed by atoms with Crippen molar-refractivity contribution >= 4 is 29.3 Å². The Morgan fingerprint density at radius 2 is 2.11 bits per heavy atom. The van der Waals surface area contributed by atoms with Gasteiger partial charge in [-0.15, -0.1) is 0 Å². The van der Waals surface area contributed by atoms with Crippen LogP contribution in [0.3, 0.4) is 0 Å². The third-order valence-electron chi connectivity index (χ3n) is 2.88. The number of urea groups is 1. The fourth-order valence-corrected chi connectivity index (χ4v) is 1.89. The molecule has 1 aromatic carbocycles. The molecule has 2 rings (SSSR count). The van der Waals surface area contributed by atoms with Crippen LogP contribution in [-0.2, 0) is 0 Å². The summed E-state index contributed by atoms with van der Waals surface area (Å²) < 4.78 is 0. The first kappa shape index (κ1) is 12.7. The lowest BCUT2D eigenvalue weighted by molar-refractivity contribution is 0.0697. The van der Waals surface area contributed by atoms with Gasteiger partial charge in [0, 0.05) is 11.7 Å². The van der Waals surface area contributed by atoms with Crippen molar-refractivity contribution < 1.29 is 14.7 Å². The Bertz CT molecular complexity index is 504. The largest absolute Gasteiger partial charge is 0.478 e. The Labute approximate surface area is 109 Å². The van der Waals surface area contributed by atoms with Crippen molar-refractivity contribution in [1.29, 1.82) is 0 Å². The number of rotatable bonds is 3. The van der Waals surface area contributed by atoms with Crippen LogP contribution in [0.1, 0.15) is 23.7 Å². The molecule has 1 fully saturated rings. The number of carbonyl (C=O) groups excluding carboxylic acids is 1. The molecule has 0 radical (unpaired) electrons. The summed E-state index contributed by atoms with van der Waals surface area (Å²) in [6.45, 7) is 2.06. The van der Waals surface area contributed by atoms with E-state index >= 15 is 0 Å². The number of halogens is 1. The van der Waals surface area contributed by atoms with E-state index in [1.807, 2.05) is 0 Å². The van der Waals surface area contributed by atoms with Crippen LogP contribution in [0.2, 0.25) is 5.02 Å². The van der Waals surface area contributed by atoms with Gasteiger partial charge in [-0.05, 0) is 30.5 Å². The van der Waals surface area contributed by atoms with Gasteiger partial charge in [-0.1, -0.05) is 18.5 Å². The fraction of sp³-hybridized carbons (Fsp3) is 0.333. The fourth-order valence-electron chi connectivity index (χ4n) is 1.63. The van der Waals surface area contributed by atoms with Gasteiger partial charge in [-0.25, -0.2) is 9.59 Å². The number of hydrogen-bond donors (Lipinski definition) is 3. The summed E-state index contributed by atoms with van der Waals surface area (Å²) in [6.07, 6.45) is 0.992. The minimum Gasteiger partial charge on any atom is -0.478 e. The Hall–Kier alpha value is -1.75. The molecule has 1 aromatic rings. The highest BCUT2D eigenvalue weighted by Gasteiger charge is 2.33. The van der Waals surface area contributed by atoms with Gasteiger partial charge < -0.3 is 15.7 Å². The molecule has 2 unspecified atom stereocenters. The Morgan fingerprint density at radius 1 is 1.44 bits per heavy atom. The summed E-state index contributed by atoms with van der Waals surface area (Å²) in [5, 5.41) is 14.3. The Morgan fingerprint density at radius 3 is 2.61 bits per heavy atom. The smallest absolute Gasteiger partial charge is 0.337 e. The maximum absolute atomic E-state index is 11.6. The maximum Gasteiger partial charge on any atom is 0.337 e. The number of benzene rings is 1. The molecule has 96 valence electrons. The minimum absolute atomic E-state index is 0.0124. The SMILES string of the molecule is CC1CC1NC(=O)Nc1ccc(C(=O)O)c(Cl)c1. The second-order valence-corrected chi connectivity index (χ2v) is 4.82. The number of nitrogens with one attached hydrogen (secondary N) is 2. The lowest BCUT2D eigenvalue weighted by Gasteiger charge is -2.08. The molecule has 1 aliphatic carbocycles. The van der Waals surface area contributed by atoms with Crippen molar-refractivity contribution in [2.75, 3.05) is 5.32 Å². The van der Waals surface area contributed by atoms with E-state index in [0.29, 0.717) is 11.6 Å². The number of amides is 2. The zero-order valence-electron chi connectivity index (χ0n) is 9.74. The lowest BCUT2D eigenvalue weighted by atomic mass is 10.2. The van der Waals surface area contributed by atoms with Crippen LogP contribution >= 0.6 is 11.6 Å². The van der Waals surface area contributed by atoms with Crippen molar-refractivity contribution in [3.8, 4) is 0 Å². The van der Waals surface area contributed by atoms with E-state index < -0.39 is 5.97 Å². The number of carboxylic acid groups (broad SMARTS) is 1. The van der Waals surface area contributed by atoms with Crippen molar-refractivity contribution in [2.45, 2.75) is 19.4 Å². The molecule has 0 bridgehead atoms.